The molecule has 2 saturated heterocycles. The second-order valence-electron chi connectivity index (χ2n) is 8.12. The van der Waals surface area contributed by atoms with Crippen LogP contribution in [0.25, 0.3) is 0 Å². The Morgan fingerprint density at radius 2 is 1.85 bits per heavy atom. The van der Waals surface area contributed by atoms with Crippen LogP contribution in [0.4, 0.5) is 0 Å². The van der Waals surface area contributed by atoms with E-state index in [1.165, 1.54) is 64.5 Å². The molecule has 1 aromatic heterocycles. The minimum atomic E-state index is 0.0328. The lowest BCUT2D eigenvalue weighted by Gasteiger charge is -2.38. The molecule has 0 radical (unpaired) electrons. The molecule has 1 amide bonds. The highest BCUT2D eigenvalue weighted by Crippen LogP contribution is 2.33. The van der Waals surface area contributed by atoms with E-state index in [1.54, 1.807) is 0 Å². The van der Waals surface area contributed by atoms with E-state index in [9.17, 15) is 4.79 Å². The molecular formula is C20H32N4O2. The van der Waals surface area contributed by atoms with Gasteiger partial charge in [0.05, 0.1) is 24.9 Å². The van der Waals surface area contributed by atoms with E-state index >= 15 is 0 Å². The Morgan fingerprint density at radius 1 is 1.08 bits per heavy atom. The average molecular weight is 361 g/mol. The van der Waals surface area contributed by atoms with Crippen molar-refractivity contribution in [3.05, 3.63) is 17.5 Å². The summed E-state index contributed by atoms with van der Waals surface area (Å²) in [5.41, 5.74) is 1.68. The van der Waals surface area contributed by atoms with Gasteiger partial charge in [0, 0.05) is 19.6 Å². The number of H-pyrrole nitrogens is 1. The minimum Gasteiger partial charge on any atom is -0.378 e. The fourth-order valence-electron chi connectivity index (χ4n) is 4.81. The lowest BCUT2D eigenvalue weighted by atomic mass is 9.87. The molecule has 1 aliphatic carbocycles. The van der Waals surface area contributed by atoms with Crippen LogP contribution < -0.4 is 0 Å². The summed E-state index contributed by atoms with van der Waals surface area (Å²) in [4.78, 5) is 17.2. The van der Waals surface area contributed by atoms with Crippen LogP contribution in [0.3, 0.4) is 0 Å². The number of hydrogen-bond acceptors (Lipinski definition) is 4. The second kappa shape index (κ2) is 8.53. The Bertz CT molecular complexity index is 590. The molecule has 0 aromatic carbocycles. The van der Waals surface area contributed by atoms with Gasteiger partial charge in [-0.25, -0.2) is 0 Å². The van der Waals surface area contributed by atoms with Crippen molar-refractivity contribution in [3.63, 3.8) is 0 Å². The van der Waals surface area contributed by atoms with Crippen molar-refractivity contribution in [2.75, 3.05) is 39.4 Å². The van der Waals surface area contributed by atoms with Crippen molar-refractivity contribution >= 4 is 5.91 Å². The number of nitrogens with one attached hydrogen (secondary N) is 1. The van der Waals surface area contributed by atoms with Crippen molar-refractivity contribution in [1.82, 2.24) is 20.0 Å². The zero-order valence-corrected chi connectivity index (χ0v) is 15.8. The minimum absolute atomic E-state index is 0.0328. The van der Waals surface area contributed by atoms with Crippen LogP contribution in [0.5, 0.6) is 0 Å². The molecule has 1 saturated carbocycles. The SMILES string of the molecule is O=C(c1cc(C2CCCCN2CC2CCCCC2)[nH]n1)N1CCOCC1. The van der Waals surface area contributed by atoms with Gasteiger partial charge < -0.3 is 9.64 Å². The van der Waals surface area contributed by atoms with Crippen LogP contribution in [0, 0.1) is 5.92 Å². The van der Waals surface area contributed by atoms with Crippen molar-refractivity contribution in [2.45, 2.75) is 57.4 Å². The standard InChI is InChI=1S/C20H32N4O2/c25-20(23-10-12-26-13-11-23)18-14-17(21-22-18)19-8-4-5-9-24(19)15-16-6-2-1-3-7-16/h14,16,19H,1-13,15H2,(H,21,22). The molecule has 26 heavy (non-hydrogen) atoms. The number of amides is 1. The Labute approximate surface area is 156 Å². The van der Waals surface area contributed by atoms with Crippen molar-refractivity contribution in [2.24, 2.45) is 5.92 Å². The molecule has 3 fully saturated rings. The van der Waals surface area contributed by atoms with Gasteiger partial charge in [0.25, 0.3) is 5.91 Å². The maximum Gasteiger partial charge on any atom is 0.274 e. The number of hydrogen-bond donors (Lipinski definition) is 1. The highest BCUT2D eigenvalue weighted by atomic mass is 16.5. The first kappa shape index (κ1) is 18.0. The van der Waals surface area contributed by atoms with Gasteiger partial charge in [-0.1, -0.05) is 25.7 Å². The molecule has 0 spiro atoms. The predicted molar refractivity (Wildman–Crippen MR) is 100 cm³/mol. The number of morpholine rings is 1. The lowest BCUT2D eigenvalue weighted by Crippen LogP contribution is -2.40. The van der Waals surface area contributed by atoms with E-state index in [4.69, 9.17) is 4.74 Å². The van der Waals surface area contributed by atoms with Gasteiger partial charge in [-0.15, -0.1) is 0 Å². The molecule has 6 nitrogen and oxygen atoms in total. The first-order valence-electron chi connectivity index (χ1n) is 10.5. The summed E-state index contributed by atoms with van der Waals surface area (Å²) in [5.74, 6) is 0.882. The molecule has 4 rings (SSSR count). The first-order chi connectivity index (χ1) is 12.8. The van der Waals surface area contributed by atoms with Crippen LogP contribution in [0.1, 0.15) is 73.6 Å². The molecule has 144 valence electrons. The van der Waals surface area contributed by atoms with Crippen molar-refractivity contribution < 1.29 is 9.53 Å². The molecule has 1 N–H and O–H groups in total. The van der Waals surface area contributed by atoms with Crippen LogP contribution >= 0.6 is 0 Å². The molecule has 1 aromatic rings. The van der Waals surface area contributed by atoms with E-state index in [2.05, 4.69) is 15.1 Å². The van der Waals surface area contributed by atoms with Crippen LogP contribution in [0.2, 0.25) is 0 Å². The summed E-state index contributed by atoms with van der Waals surface area (Å²) in [7, 11) is 0. The zero-order valence-electron chi connectivity index (χ0n) is 15.8. The van der Waals surface area contributed by atoms with Crippen LogP contribution in [0.15, 0.2) is 6.07 Å². The number of piperidine rings is 1. The Balaban J connectivity index is 1.42. The third-order valence-corrected chi connectivity index (χ3v) is 6.31. The molecule has 3 heterocycles. The highest BCUT2D eigenvalue weighted by Gasteiger charge is 2.29. The van der Waals surface area contributed by atoms with Crippen LogP contribution in [-0.4, -0.2) is 65.3 Å². The number of likely N-dealkylation sites (tertiary alicyclic amines) is 1. The maximum atomic E-state index is 12.7. The van der Waals surface area contributed by atoms with E-state index in [0.29, 0.717) is 38.0 Å². The normalized spacial score (nSPS) is 26.2. The maximum absolute atomic E-state index is 12.7. The summed E-state index contributed by atoms with van der Waals surface area (Å²) < 4.78 is 5.34. The molecule has 1 atom stereocenters. The Kier molecular flexibility index (Phi) is 5.90. The van der Waals surface area contributed by atoms with Crippen molar-refractivity contribution in [3.8, 4) is 0 Å². The van der Waals surface area contributed by atoms with E-state index in [0.717, 1.165) is 11.6 Å². The van der Waals surface area contributed by atoms with Gasteiger partial charge in [-0.2, -0.15) is 5.10 Å². The van der Waals surface area contributed by atoms with E-state index in [1.807, 2.05) is 11.0 Å². The van der Waals surface area contributed by atoms with Gasteiger partial charge in [0.1, 0.15) is 5.69 Å². The average Bonchev–Trinajstić information content (AvgIpc) is 3.19. The third-order valence-electron chi connectivity index (χ3n) is 6.31. The molecule has 2 aliphatic heterocycles. The van der Waals surface area contributed by atoms with Crippen LogP contribution in [-0.2, 0) is 4.74 Å². The van der Waals surface area contributed by atoms with Gasteiger partial charge in [-0.3, -0.25) is 14.8 Å². The molecule has 3 aliphatic rings. The summed E-state index contributed by atoms with van der Waals surface area (Å²) in [6.07, 6.45) is 10.7. The zero-order chi connectivity index (χ0) is 17.8. The van der Waals surface area contributed by atoms with Gasteiger partial charge in [-0.05, 0) is 44.2 Å². The lowest BCUT2D eigenvalue weighted by molar-refractivity contribution is 0.0299. The van der Waals surface area contributed by atoms with E-state index < -0.39 is 0 Å². The fraction of sp³-hybridized carbons (Fsp3) is 0.800. The molecule has 0 bridgehead atoms. The topological polar surface area (TPSA) is 61.5 Å². The predicted octanol–water partition coefficient (Wildman–Crippen LogP) is 2.99. The Hall–Kier alpha value is -1.40. The summed E-state index contributed by atoms with van der Waals surface area (Å²) >= 11 is 0. The van der Waals surface area contributed by atoms with E-state index in [-0.39, 0.29) is 5.91 Å². The molecule has 1 unspecified atom stereocenters. The number of aromatic amines is 1. The summed E-state index contributed by atoms with van der Waals surface area (Å²) in [5, 5.41) is 7.56. The van der Waals surface area contributed by atoms with Gasteiger partial charge >= 0.3 is 0 Å². The number of carbonyl (C=O) groups excluding carboxylic acids is 1. The summed E-state index contributed by atoms with van der Waals surface area (Å²) in [6.45, 7) is 4.96. The monoisotopic (exact) mass is 360 g/mol. The largest absolute Gasteiger partial charge is 0.378 e. The highest BCUT2D eigenvalue weighted by molar-refractivity contribution is 5.92. The van der Waals surface area contributed by atoms with Gasteiger partial charge in [0.2, 0.25) is 0 Å². The fourth-order valence-corrected chi connectivity index (χ4v) is 4.81. The first-order valence-corrected chi connectivity index (χ1v) is 10.5. The number of rotatable bonds is 4. The van der Waals surface area contributed by atoms with Gasteiger partial charge in [0.15, 0.2) is 0 Å². The number of ether oxygens (including phenoxy) is 1. The quantitative estimate of drug-likeness (QED) is 0.897. The summed E-state index contributed by atoms with van der Waals surface area (Å²) in [6, 6.07) is 2.39. The third kappa shape index (κ3) is 4.12. The number of aromatic nitrogens is 2. The number of nitrogens with zero attached hydrogens (tertiary/aromatic N) is 3. The molecular weight excluding hydrogens is 328 g/mol. The second-order valence-corrected chi connectivity index (χ2v) is 8.12. The smallest absolute Gasteiger partial charge is 0.274 e. The van der Waals surface area contributed by atoms with Crippen molar-refractivity contribution in [1.29, 1.82) is 0 Å². The Morgan fingerprint density at radius 3 is 2.65 bits per heavy atom. The number of carbonyl (C=O) groups is 1. The molecule has 6 heteroatoms.